The molecule has 0 spiro atoms. The molecule has 0 saturated heterocycles. The molecule has 128 valence electrons. The molecule has 0 atom stereocenters. The van der Waals surface area contributed by atoms with Crippen LogP contribution in [0, 0.1) is 0 Å². The van der Waals surface area contributed by atoms with Crippen molar-refractivity contribution in [3.8, 4) is 11.5 Å². The molecule has 23 heavy (non-hydrogen) atoms. The molecular formula is C16H25N3O4. The Balaban J connectivity index is 2.62. The van der Waals surface area contributed by atoms with E-state index in [0.717, 1.165) is 0 Å². The number of amides is 2. The van der Waals surface area contributed by atoms with Gasteiger partial charge in [0.2, 0.25) is 11.8 Å². The third-order valence-electron chi connectivity index (χ3n) is 3.22. The lowest BCUT2D eigenvalue weighted by molar-refractivity contribution is -0.123. The van der Waals surface area contributed by atoms with E-state index < -0.39 is 0 Å². The van der Waals surface area contributed by atoms with Crippen molar-refractivity contribution in [2.75, 3.05) is 45.7 Å². The Kier molecular flexibility index (Phi) is 7.90. The maximum Gasteiger partial charge on any atom is 0.238 e. The van der Waals surface area contributed by atoms with Crippen molar-refractivity contribution >= 4 is 17.5 Å². The zero-order valence-corrected chi connectivity index (χ0v) is 14.1. The number of nitrogens with zero attached hydrogens (tertiary/aromatic N) is 1. The minimum Gasteiger partial charge on any atom is -0.493 e. The van der Waals surface area contributed by atoms with E-state index in [9.17, 15) is 9.59 Å². The van der Waals surface area contributed by atoms with Crippen LogP contribution in [0.25, 0.3) is 0 Å². The maximum atomic E-state index is 12.1. The van der Waals surface area contributed by atoms with Crippen LogP contribution >= 0.6 is 0 Å². The van der Waals surface area contributed by atoms with Gasteiger partial charge in [0.05, 0.1) is 27.3 Å². The number of rotatable bonds is 9. The van der Waals surface area contributed by atoms with Crippen LogP contribution in [0.4, 0.5) is 5.69 Å². The summed E-state index contributed by atoms with van der Waals surface area (Å²) >= 11 is 0. The first-order chi connectivity index (χ1) is 11.0. The first-order valence-electron chi connectivity index (χ1n) is 7.54. The number of hydrogen-bond donors (Lipinski definition) is 2. The molecule has 7 nitrogen and oxygen atoms in total. The first-order valence-corrected chi connectivity index (χ1v) is 7.54. The molecule has 0 aliphatic rings. The van der Waals surface area contributed by atoms with Crippen molar-refractivity contribution in [3.05, 3.63) is 18.2 Å². The van der Waals surface area contributed by atoms with Crippen LogP contribution in [-0.2, 0) is 9.59 Å². The Morgan fingerprint density at radius 3 is 2.26 bits per heavy atom. The SMILES string of the molecule is CCNC(=O)CN(CC)CC(=O)Nc1ccc(OC)c(OC)c1. The van der Waals surface area contributed by atoms with Crippen LogP contribution in [-0.4, -0.2) is 57.1 Å². The van der Waals surface area contributed by atoms with Crippen LogP contribution < -0.4 is 20.1 Å². The summed E-state index contributed by atoms with van der Waals surface area (Å²) in [7, 11) is 3.09. The molecule has 1 rings (SSSR count). The van der Waals surface area contributed by atoms with Crippen molar-refractivity contribution in [1.29, 1.82) is 0 Å². The lowest BCUT2D eigenvalue weighted by atomic mass is 10.2. The predicted octanol–water partition coefficient (Wildman–Crippen LogP) is 1.10. The fourth-order valence-electron chi connectivity index (χ4n) is 2.05. The molecule has 7 heteroatoms. The second-order valence-electron chi connectivity index (χ2n) is 4.87. The van der Waals surface area contributed by atoms with Gasteiger partial charge in [-0.25, -0.2) is 0 Å². The molecular weight excluding hydrogens is 298 g/mol. The molecule has 0 aliphatic carbocycles. The van der Waals surface area contributed by atoms with Crippen molar-refractivity contribution < 1.29 is 19.1 Å². The molecule has 0 aromatic heterocycles. The largest absolute Gasteiger partial charge is 0.493 e. The Labute approximate surface area is 136 Å². The highest BCUT2D eigenvalue weighted by atomic mass is 16.5. The Morgan fingerprint density at radius 1 is 1.04 bits per heavy atom. The number of benzene rings is 1. The number of carbonyl (C=O) groups is 2. The molecule has 0 heterocycles. The molecule has 0 unspecified atom stereocenters. The summed E-state index contributed by atoms with van der Waals surface area (Å²) in [5, 5.41) is 5.51. The van der Waals surface area contributed by atoms with E-state index in [1.807, 2.05) is 13.8 Å². The second-order valence-corrected chi connectivity index (χ2v) is 4.87. The van der Waals surface area contributed by atoms with Gasteiger partial charge in [-0.1, -0.05) is 6.92 Å². The van der Waals surface area contributed by atoms with Gasteiger partial charge in [-0.3, -0.25) is 14.5 Å². The normalized spacial score (nSPS) is 10.3. The summed E-state index contributed by atoms with van der Waals surface area (Å²) < 4.78 is 10.4. The molecule has 0 bridgehead atoms. The van der Waals surface area contributed by atoms with E-state index in [0.29, 0.717) is 30.3 Å². The summed E-state index contributed by atoms with van der Waals surface area (Å²) in [6, 6.07) is 5.15. The van der Waals surface area contributed by atoms with Crippen LogP contribution in [0.5, 0.6) is 11.5 Å². The highest BCUT2D eigenvalue weighted by molar-refractivity contribution is 5.93. The topological polar surface area (TPSA) is 79.9 Å². The fourth-order valence-corrected chi connectivity index (χ4v) is 2.05. The minimum atomic E-state index is -0.191. The third kappa shape index (κ3) is 6.15. The van der Waals surface area contributed by atoms with Crippen molar-refractivity contribution in [3.63, 3.8) is 0 Å². The number of ether oxygens (including phenoxy) is 2. The van der Waals surface area contributed by atoms with E-state index >= 15 is 0 Å². The molecule has 0 aliphatic heterocycles. The van der Waals surface area contributed by atoms with Crippen LogP contribution in [0.15, 0.2) is 18.2 Å². The van der Waals surface area contributed by atoms with Gasteiger partial charge in [-0.15, -0.1) is 0 Å². The molecule has 1 aromatic carbocycles. The lowest BCUT2D eigenvalue weighted by Gasteiger charge is -2.19. The monoisotopic (exact) mass is 323 g/mol. The third-order valence-corrected chi connectivity index (χ3v) is 3.22. The molecule has 0 fully saturated rings. The number of carbonyl (C=O) groups excluding carboxylic acids is 2. The van der Waals surface area contributed by atoms with Crippen LogP contribution in [0.3, 0.4) is 0 Å². The van der Waals surface area contributed by atoms with Gasteiger partial charge in [-0.2, -0.15) is 0 Å². The quantitative estimate of drug-likeness (QED) is 0.711. The Hall–Kier alpha value is -2.28. The molecule has 1 aromatic rings. The number of hydrogen-bond acceptors (Lipinski definition) is 5. The van der Waals surface area contributed by atoms with Crippen molar-refractivity contribution in [1.82, 2.24) is 10.2 Å². The molecule has 2 amide bonds. The second kappa shape index (κ2) is 9.68. The zero-order valence-electron chi connectivity index (χ0n) is 14.1. The standard InChI is InChI=1S/C16H25N3O4/c1-5-17-15(20)10-19(6-2)11-16(21)18-12-7-8-13(22-3)14(9-12)23-4/h7-9H,5-6,10-11H2,1-4H3,(H,17,20)(H,18,21). The highest BCUT2D eigenvalue weighted by Crippen LogP contribution is 2.29. The van der Waals surface area contributed by atoms with E-state index in [-0.39, 0.29) is 24.9 Å². The Bertz CT molecular complexity index is 534. The Morgan fingerprint density at radius 2 is 1.70 bits per heavy atom. The lowest BCUT2D eigenvalue weighted by Crippen LogP contribution is -2.41. The number of nitrogens with one attached hydrogen (secondary N) is 2. The maximum absolute atomic E-state index is 12.1. The summed E-state index contributed by atoms with van der Waals surface area (Å²) in [5.41, 5.74) is 0.613. The van der Waals surface area contributed by atoms with Gasteiger partial charge in [0, 0.05) is 18.3 Å². The van der Waals surface area contributed by atoms with Gasteiger partial charge >= 0.3 is 0 Å². The molecule has 2 N–H and O–H groups in total. The number of methoxy groups -OCH3 is 2. The average molecular weight is 323 g/mol. The van der Waals surface area contributed by atoms with Gasteiger partial charge in [0.25, 0.3) is 0 Å². The number of anilines is 1. The summed E-state index contributed by atoms with van der Waals surface area (Å²) in [6.45, 7) is 5.29. The van der Waals surface area contributed by atoms with E-state index in [2.05, 4.69) is 10.6 Å². The zero-order chi connectivity index (χ0) is 17.2. The average Bonchev–Trinajstić information content (AvgIpc) is 2.54. The van der Waals surface area contributed by atoms with Gasteiger partial charge in [0.15, 0.2) is 11.5 Å². The molecule has 0 radical (unpaired) electrons. The summed E-state index contributed by atoms with van der Waals surface area (Å²) in [5.74, 6) is 0.855. The summed E-state index contributed by atoms with van der Waals surface area (Å²) in [6.07, 6.45) is 0. The van der Waals surface area contributed by atoms with E-state index in [4.69, 9.17) is 9.47 Å². The van der Waals surface area contributed by atoms with Gasteiger partial charge < -0.3 is 20.1 Å². The van der Waals surface area contributed by atoms with E-state index in [1.165, 1.54) is 7.11 Å². The van der Waals surface area contributed by atoms with E-state index in [1.54, 1.807) is 30.2 Å². The first kappa shape index (κ1) is 18.8. The predicted molar refractivity (Wildman–Crippen MR) is 89.0 cm³/mol. The van der Waals surface area contributed by atoms with Crippen LogP contribution in [0.1, 0.15) is 13.8 Å². The number of likely N-dealkylation sites (N-methyl/N-ethyl adjacent to an activating group) is 2. The minimum absolute atomic E-state index is 0.0896. The van der Waals surface area contributed by atoms with Gasteiger partial charge in [-0.05, 0) is 25.6 Å². The van der Waals surface area contributed by atoms with Crippen molar-refractivity contribution in [2.24, 2.45) is 0 Å². The van der Waals surface area contributed by atoms with Crippen LogP contribution in [0.2, 0.25) is 0 Å². The fraction of sp³-hybridized carbons (Fsp3) is 0.500. The highest BCUT2D eigenvalue weighted by Gasteiger charge is 2.13. The van der Waals surface area contributed by atoms with Gasteiger partial charge in [0.1, 0.15) is 0 Å². The van der Waals surface area contributed by atoms with Crippen molar-refractivity contribution in [2.45, 2.75) is 13.8 Å². The summed E-state index contributed by atoms with van der Waals surface area (Å²) in [4.78, 5) is 25.5. The molecule has 0 saturated carbocycles. The smallest absolute Gasteiger partial charge is 0.238 e.